The summed E-state index contributed by atoms with van der Waals surface area (Å²) in [6, 6.07) is 8.28. The first-order valence-electron chi connectivity index (χ1n) is 7.88. The second-order valence-electron chi connectivity index (χ2n) is 6.19. The molecule has 21 heavy (non-hydrogen) atoms. The maximum absolute atomic E-state index is 10.6. The van der Waals surface area contributed by atoms with Gasteiger partial charge < -0.3 is 5.11 Å². The van der Waals surface area contributed by atoms with Gasteiger partial charge in [-0.2, -0.15) is 5.10 Å². The molecular formula is C18H26N2O. The molecule has 0 aliphatic rings. The summed E-state index contributed by atoms with van der Waals surface area (Å²) in [4.78, 5) is 0. The van der Waals surface area contributed by atoms with Gasteiger partial charge in [0.1, 0.15) is 11.4 Å². The van der Waals surface area contributed by atoms with E-state index in [0.29, 0.717) is 11.7 Å². The van der Waals surface area contributed by atoms with E-state index in [1.807, 2.05) is 4.68 Å². The minimum Gasteiger partial charge on any atom is -0.504 e. The lowest BCUT2D eigenvalue weighted by Gasteiger charge is -2.10. The van der Waals surface area contributed by atoms with E-state index in [-0.39, 0.29) is 0 Å². The molecule has 1 N–H and O–H groups in total. The number of benzene rings is 1. The smallest absolute Gasteiger partial charge is 0.164 e. The van der Waals surface area contributed by atoms with Crippen LogP contribution in [0.1, 0.15) is 44.9 Å². The van der Waals surface area contributed by atoms with Crippen LogP contribution in [0.25, 0.3) is 11.3 Å². The van der Waals surface area contributed by atoms with E-state index in [1.54, 1.807) is 0 Å². The molecule has 2 rings (SSSR count). The number of hydrogen-bond donors (Lipinski definition) is 1. The molecule has 0 saturated heterocycles. The monoisotopic (exact) mass is 286 g/mol. The van der Waals surface area contributed by atoms with Gasteiger partial charge in [-0.15, -0.1) is 0 Å². The summed E-state index contributed by atoms with van der Waals surface area (Å²) >= 11 is 0. The number of aromatic hydroxyl groups is 1. The van der Waals surface area contributed by atoms with Crippen molar-refractivity contribution in [2.24, 2.45) is 5.92 Å². The van der Waals surface area contributed by atoms with Gasteiger partial charge in [-0.3, -0.25) is 4.68 Å². The summed E-state index contributed by atoms with van der Waals surface area (Å²) < 4.78 is 1.97. The van der Waals surface area contributed by atoms with Crippen LogP contribution < -0.4 is 0 Å². The Morgan fingerprint density at radius 1 is 1.19 bits per heavy atom. The van der Waals surface area contributed by atoms with Crippen molar-refractivity contribution in [1.82, 2.24) is 9.78 Å². The maximum atomic E-state index is 10.6. The molecule has 3 heteroatoms. The molecule has 0 bridgehead atoms. The van der Waals surface area contributed by atoms with Crippen molar-refractivity contribution >= 4 is 0 Å². The van der Waals surface area contributed by atoms with E-state index >= 15 is 0 Å². The lowest BCUT2D eigenvalue weighted by Crippen LogP contribution is -2.08. The molecule has 1 heterocycles. The third-order valence-corrected chi connectivity index (χ3v) is 3.63. The summed E-state index contributed by atoms with van der Waals surface area (Å²) in [7, 11) is 0. The zero-order valence-electron chi connectivity index (χ0n) is 13.6. The summed E-state index contributed by atoms with van der Waals surface area (Å²) in [6.45, 7) is 9.39. The predicted octanol–water partition coefficient (Wildman–Crippen LogP) is 4.56. The fourth-order valence-electron chi connectivity index (χ4n) is 2.49. The Balaban J connectivity index is 2.45. The van der Waals surface area contributed by atoms with Crippen LogP contribution in [-0.4, -0.2) is 14.9 Å². The molecule has 1 aromatic heterocycles. The first-order valence-corrected chi connectivity index (χ1v) is 7.88. The average Bonchev–Trinajstić information content (AvgIpc) is 2.73. The van der Waals surface area contributed by atoms with Gasteiger partial charge in [0.15, 0.2) is 5.75 Å². The predicted molar refractivity (Wildman–Crippen MR) is 87.5 cm³/mol. The van der Waals surface area contributed by atoms with Crippen LogP contribution in [0, 0.1) is 12.8 Å². The third kappa shape index (κ3) is 3.66. The number of aromatic nitrogens is 2. The Bertz CT molecular complexity index is 582. The first kappa shape index (κ1) is 15.6. The molecule has 0 spiro atoms. The van der Waals surface area contributed by atoms with Gasteiger partial charge in [0, 0.05) is 12.1 Å². The van der Waals surface area contributed by atoms with Crippen molar-refractivity contribution in [3.05, 3.63) is 35.5 Å². The third-order valence-electron chi connectivity index (χ3n) is 3.63. The first-order chi connectivity index (χ1) is 10.0. The number of unbranched alkanes of at least 4 members (excludes halogenated alkanes) is 1. The summed E-state index contributed by atoms with van der Waals surface area (Å²) in [5, 5.41) is 15.2. The fraction of sp³-hybridized carbons (Fsp3) is 0.500. The van der Waals surface area contributed by atoms with Gasteiger partial charge in [0.25, 0.3) is 0 Å². The highest BCUT2D eigenvalue weighted by molar-refractivity contribution is 5.68. The quantitative estimate of drug-likeness (QED) is 0.845. The van der Waals surface area contributed by atoms with Gasteiger partial charge in [0.2, 0.25) is 0 Å². The average molecular weight is 286 g/mol. The summed E-state index contributed by atoms with van der Waals surface area (Å²) in [6.07, 6.45) is 3.00. The Kier molecular flexibility index (Phi) is 5.05. The molecule has 1 aromatic carbocycles. The highest BCUT2D eigenvalue weighted by Crippen LogP contribution is 2.33. The van der Waals surface area contributed by atoms with Crippen LogP contribution in [0.4, 0.5) is 0 Å². The normalized spacial score (nSPS) is 11.3. The lowest BCUT2D eigenvalue weighted by atomic mass is 10.1. The minimum absolute atomic E-state index is 0.355. The number of rotatable bonds is 6. The van der Waals surface area contributed by atoms with Crippen LogP contribution in [0.2, 0.25) is 0 Å². The fourth-order valence-corrected chi connectivity index (χ4v) is 2.49. The van der Waals surface area contributed by atoms with Gasteiger partial charge in [-0.1, -0.05) is 57.0 Å². The van der Waals surface area contributed by atoms with Crippen LogP contribution in [0.3, 0.4) is 0 Å². The van der Waals surface area contributed by atoms with Crippen molar-refractivity contribution in [3.63, 3.8) is 0 Å². The van der Waals surface area contributed by atoms with Gasteiger partial charge in [0.05, 0.1) is 0 Å². The summed E-state index contributed by atoms with van der Waals surface area (Å²) in [5.41, 5.74) is 3.94. The second kappa shape index (κ2) is 6.79. The topological polar surface area (TPSA) is 38.0 Å². The van der Waals surface area contributed by atoms with Crippen molar-refractivity contribution in [3.8, 4) is 17.0 Å². The molecule has 0 aliphatic heterocycles. The van der Waals surface area contributed by atoms with E-state index in [4.69, 9.17) is 0 Å². The van der Waals surface area contributed by atoms with E-state index in [9.17, 15) is 5.11 Å². The highest BCUT2D eigenvalue weighted by Gasteiger charge is 2.18. The molecule has 0 radical (unpaired) electrons. The van der Waals surface area contributed by atoms with Gasteiger partial charge in [-0.25, -0.2) is 0 Å². The van der Waals surface area contributed by atoms with Crippen molar-refractivity contribution < 1.29 is 5.11 Å². The van der Waals surface area contributed by atoms with E-state index in [0.717, 1.165) is 42.8 Å². The standard InChI is InChI=1S/C18H26N2O/c1-5-6-7-16-18(21)17(20(19-16)12-13(2)3)15-10-8-14(4)9-11-15/h8-11,13,21H,5-7,12H2,1-4H3. The maximum Gasteiger partial charge on any atom is 0.164 e. The zero-order chi connectivity index (χ0) is 15.4. The molecular weight excluding hydrogens is 260 g/mol. The molecule has 0 atom stereocenters. The van der Waals surface area contributed by atoms with Crippen LogP contribution in [-0.2, 0) is 13.0 Å². The molecule has 0 aliphatic carbocycles. The SMILES string of the molecule is CCCCc1nn(CC(C)C)c(-c2ccc(C)cc2)c1O. The molecule has 0 amide bonds. The van der Waals surface area contributed by atoms with Crippen LogP contribution in [0.5, 0.6) is 5.75 Å². The Labute approximate surface area is 127 Å². The molecule has 2 aromatic rings. The molecule has 114 valence electrons. The summed E-state index contributed by atoms with van der Waals surface area (Å²) in [5.74, 6) is 0.848. The van der Waals surface area contributed by atoms with E-state index in [1.165, 1.54) is 5.56 Å². The highest BCUT2D eigenvalue weighted by atomic mass is 16.3. The van der Waals surface area contributed by atoms with Crippen molar-refractivity contribution in [1.29, 1.82) is 0 Å². The zero-order valence-corrected chi connectivity index (χ0v) is 13.6. The van der Waals surface area contributed by atoms with Gasteiger partial charge in [-0.05, 0) is 25.7 Å². The molecule has 0 fully saturated rings. The van der Waals surface area contributed by atoms with Gasteiger partial charge >= 0.3 is 0 Å². The molecule has 0 saturated carbocycles. The minimum atomic E-state index is 0.355. The molecule has 3 nitrogen and oxygen atoms in total. The number of hydrogen-bond acceptors (Lipinski definition) is 2. The lowest BCUT2D eigenvalue weighted by molar-refractivity contribution is 0.465. The van der Waals surface area contributed by atoms with E-state index < -0.39 is 0 Å². The van der Waals surface area contributed by atoms with Crippen LogP contribution >= 0.6 is 0 Å². The second-order valence-corrected chi connectivity index (χ2v) is 6.19. The number of aryl methyl sites for hydroxylation is 2. The van der Waals surface area contributed by atoms with Crippen molar-refractivity contribution in [2.75, 3.05) is 0 Å². The largest absolute Gasteiger partial charge is 0.504 e. The van der Waals surface area contributed by atoms with Crippen molar-refractivity contribution in [2.45, 2.75) is 53.5 Å². The molecule has 0 unspecified atom stereocenters. The Morgan fingerprint density at radius 3 is 2.43 bits per heavy atom. The Morgan fingerprint density at radius 2 is 1.86 bits per heavy atom. The van der Waals surface area contributed by atoms with Crippen LogP contribution in [0.15, 0.2) is 24.3 Å². The Hall–Kier alpha value is -1.77. The van der Waals surface area contributed by atoms with E-state index in [2.05, 4.69) is 57.1 Å². The number of nitrogens with zero attached hydrogens (tertiary/aromatic N) is 2.